The maximum atomic E-state index is 12.5. The van der Waals surface area contributed by atoms with Crippen LogP contribution >= 0.6 is 15.9 Å². The highest BCUT2D eigenvalue weighted by Gasteiger charge is 2.30. The zero-order chi connectivity index (χ0) is 19.0. The number of carbonyl (C=O) groups is 1. The van der Waals surface area contributed by atoms with Crippen LogP contribution in [0.5, 0.6) is 11.5 Å². The van der Waals surface area contributed by atoms with E-state index < -0.39 is 0 Å². The van der Waals surface area contributed by atoms with E-state index >= 15 is 0 Å². The molecule has 0 fully saturated rings. The standard InChI is InChI=1S/C22H20BrNO3/c1-3-27-20-10-17(18(23)12-19(20)26-2)16-11-21(25)24-22-14-7-5-4-6-13(14)8-9-15(16)22/h4-10,12,16H,3,11H2,1-2H3,(H,24,25)/t16-/m1/s1. The summed E-state index contributed by atoms with van der Waals surface area (Å²) in [6, 6.07) is 16.2. The van der Waals surface area contributed by atoms with Crippen LogP contribution in [-0.4, -0.2) is 19.6 Å². The Bertz CT molecular complexity index is 1030. The molecule has 0 radical (unpaired) electrons. The Balaban J connectivity index is 1.90. The molecule has 0 bridgehead atoms. The third-order valence-corrected chi connectivity index (χ3v) is 5.64. The first-order valence-corrected chi connectivity index (χ1v) is 9.73. The summed E-state index contributed by atoms with van der Waals surface area (Å²) in [5.41, 5.74) is 3.03. The fraction of sp³-hybridized carbons (Fsp3) is 0.227. The monoisotopic (exact) mass is 425 g/mol. The molecule has 0 aromatic heterocycles. The van der Waals surface area contributed by atoms with Gasteiger partial charge in [0.25, 0.3) is 0 Å². The predicted octanol–water partition coefficient (Wildman–Crippen LogP) is 5.48. The topological polar surface area (TPSA) is 47.6 Å². The minimum absolute atomic E-state index is 0.0181. The molecular formula is C22H20BrNO3. The third-order valence-electron chi connectivity index (χ3n) is 4.95. The number of nitrogens with one attached hydrogen (secondary N) is 1. The molecule has 4 nitrogen and oxygen atoms in total. The SMILES string of the molecule is CCOc1cc([C@@H]2CC(=O)Nc3c2ccc2ccccc32)c(Br)cc1OC. The molecule has 4 rings (SSSR count). The average Bonchev–Trinajstić information content (AvgIpc) is 2.68. The molecule has 3 aromatic rings. The highest BCUT2D eigenvalue weighted by atomic mass is 79.9. The minimum Gasteiger partial charge on any atom is -0.493 e. The maximum absolute atomic E-state index is 12.5. The second-order valence-electron chi connectivity index (χ2n) is 6.51. The smallest absolute Gasteiger partial charge is 0.225 e. The molecular weight excluding hydrogens is 406 g/mol. The average molecular weight is 426 g/mol. The summed E-state index contributed by atoms with van der Waals surface area (Å²) in [5.74, 6) is 1.32. The van der Waals surface area contributed by atoms with Crippen molar-refractivity contribution in [1.29, 1.82) is 0 Å². The lowest BCUT2D eigenvalue weighted by Crippen LogP contribution is -2.24. The molecule has 27 heavy (non-hydrogen) atoms. The molecule has 1 heterocycles. The summed E-state index contributed by atoms with van der Waals surface area (Å²) < 4.78 is 12.1. The highest BCUT2D eigenvalue weighted by molar-refractivity contribution is 9.10. The molecule has 1 aliphatic rings. The number of halogens is 1. The number of hydrogen-bond acceptors (Lipinski definition) is 3. The Hall–Kier alpha value is -2.53. The van der Waals surface area contributed by atoms with Crippen molar-refractivity contribution < 1.29 is 14.3 Å². The molecule has 0 spiro atoms. The number of fused-ring (bicyclic) bond motifs is 3. The molecule has 1 N–H and O–H groups in total. The van der Waals surface area contributed by atoms with Crippen molar-refractivity contribution >= 4 is 38.3 Å². The molecule has 138 valence electrons. The first-order valence-electron chi connectivity index (χ1n) is 8.94. The van der Waals surface area contributed by atoms with Crippen LogP contribution in [0, 0.1) is 0 Å². The Kier molecular flexibility index (Phi) is 4.79. The highest BCUT2D eigenvalue weighted by Crippen LogP contribution is 2.45. The van der Waals surface area contributed by atoms with Gasteiger partial charge in [0.15, 0.2) is 11.5 Å². The summed E-state index contributed by atoms with van der Waals surface area (Å²) in [6.45, 7) is 2.49. The van der Waals surface area contributed by atoms with Crippen molar-refractivity contribution in [2.45, 2.75) is 19.3 Å². The molecule has 5 heteroatoms. The van der Waals surface area contributed by atoms with Crippen molar-refractivity contribution in [3.8, 4) is 11.5 Å². The van der Waals surface area contributed by atoms with E-state index in [0.717, 1.165) is 32.1 Å². The Morgan fingerprint density at radius 2 is 1.93 bits per heavy atom. The predicted molar refractivity (Wildman–Crippen MR) is 111 cm³/mol. The van der Waals surface area contributed by atoms with Gasteiger partial charge in [-0.3, -0.25) is 4.79 Å². The van der Waals surface area contributed by atoms with Gasteiger partial charge in [0.05, 0.1) is 19.4 Å². The van der Waals surface area contributed by atoms with Gasteiger partial charge in [-0.2, -0.15) is 0 Å². The largest absolute Gasteiger partial charge is 0.493 e. The molecule has 0 aliphatic carbocycles. The van der Waals surface area contributed by atoms with Crippen LogP contribution in [-0.2, 0) is 4.79 Å². The first kappa shape index (κ1) is 17.9. The van der Waals surface area contributed by atoms with E-state index in [0.29, 0.717) is 24.5 Å². The number of rotatable bonds is 4. The van der Waals surface area contributed by atoms with E-state index in [1.807, 2.05) is 37.3 Å². The van der Waals surface area contributed by atoms with Crippen LogP contribution in [0.2, 0.25) is 0 Å². The van der Waals surface area contributed by atoms with Gasteiger partial charge in [-0.25, -0.2) is 0 Å². The van der Waals surface area contributed by atoms with Crippen LogP contribution in [0.15, 0.2) is 53.0 Å². The van der Waals surface area contributed by atoms with Gasteiger partial charge in [-0.15, -0.1) is 0 Å². The van der Waals surface area contributed by atoms with Crippen LogP contribution in [0.25, 0.3) is 10.8 Å². The van der Waals surface area contributed by atoms with Gasteiger partial charge in [-0.1, -0.05) is 52.3 Å². The van der Waals surface area contributed by atoms with E-state index in [4.69, 9.17) is 9.47 Å². The first-order chi connectivity index (χ1) is 13.1. The molecule has 0 saturated heterocycles. The number of methoxy groups -OCH3 is 1. The molecule has 1 aliphatic heterocycles. The number of benzene rings is 3. The number of carbonyl (C=O) groups excluding carboxylic acids is 1. The zero-order valence-corrected chi connectivity index (χ0v) is 16.8. The number of ether oxygens (including phenoxy) is 2. The summed E-state index contributed by atoms with van der Waals surface area (Å²) in [7, 11) is 1.62. The lowest BCUT2D eigenvalue weighted by molar-refractivity contribution is -0.116. The minimum atomic E-state index is -0.0576. The molecule has 0 saturated carbocycles. The van der Waals surface area contributed by atoms with Crippen LogP contribution in [0.3, 0.4) is 0 Å². The van der Waals surface area contributed by atoms with Gasteiger partial charge in [0.2, 0.25) is 5.91 Å². The fourth-order valence-corrected chi connectivity index (χ4v) is 4.33. The van der Waals surface area contributed by atoms with Gasteiger partial charge in [0.1, 0.15) is 0 Å². The number of anilines is 1. The number of hydrogen-bond donors (Lipinski definition) is 1. The van der Waals surface area contributed by atoms with E-state index in [-0.39, 0.29) is 11.8 Å². The van der Waals surface area contributed by atoms with Crippen molar-refractivity contribution in [2.24, 2.45) is 0 Å². The summed E-state index contributed by atoms with van der Waals surface area (Å²) in [6.07, 6.45) is 0.391. The van der Waals surface area contributed by atoms with Crippen LogP contribution in [0.4, 0.5) is 5.69 Å². The summed E-state index contributed by atoms with van der Waals surface area (Å²) >= 11 is 3.66. The maximum Gasteiger partial charge on any atom is 0.225 e. The third kappa shape index (κ3) is 3.16. The van der Waals surface area contributed by atoms with Crippen LogP contribution in [0.1, 0.15) is 30.4 Å². The van der Waals surface area contributed by atoms with Crippen molar-refractivity contribution in [3.63, 3.8) is 0 Å². The molecule has 3 aromatic carbocycles. The second-order valence-corrected chi connectivity index (χ2v) is 7.37. The lowest BCUT2D eigenvalue weighted by atomic mass is 9.83. The van der Waals surface area contributed by atoms with Gasteiger partial charge in [-0.05, 0) is 35.6 Å². The van der Waals surface area contributed by atoms with Gasteiger partial charge < -0.3 is 14.8 Å². The Labute approximate surface area is 166 Å². The molecule has 0 unspecified atom stereocenters. The van der Waals surface area contributed by atoms with Gasteiger partial charge >= 0.3 is 0 Å². The van der Waals surface area contributed by atoms with Crippen molar-refractivity contribution in [2.75, 3.05) is 19.0 Å². The van der Waals surface area contributed by atoms with Crippen molar-refractivity contribution in [1.82, 2.24) is 0 Å². The molecule has 1 amide bonds. The van der Waals surface area contributed by atoms with E-state index in [2.05, 4.69) is 39.4 Å². The Morgan fingerprint density at radius 1 is 1.11 bits per heavy atom. The summed E-state index contributed by atoms with van der Waals surface area (Å²) in [4.78, 5) is 12.5. The van der Waals surface area contributed by atoms with E-state index in [9.17, 15) is 4.79 Å². The quantitative estimate of drug-likeness (QED) is 0.601. The van der Waals surface area contributed by atoms with E-state index in [1.54, 1.807) is 7.11 Å². The normalized spacial score (nSPS) is 16.0. The summed E-state index contributed by atoms with van der Waals surface area (Å²) in [5, 5.41) is 5.24. The van der Waals surface area contributed by atoms with Crippen LogP contribution < -0.4 is 14.8 Å². The van der Waals surface area contributed by atoms with Gasteiger partial charge in [0, 0.05) is 22.2 Å². The zero-order valence-electron chi connectivity index (χ0n) is 15.2. The second kappa shape index (κ2) is 7.24. The molecule has 1 atom stereocenters. The van der Waals surface area contributed by atoms with E-state index in [1.165, 1.54) is 0 Å². The fourth-order valence-electron chi connectivity index (χ4n) is 3.73. The number of amides is 1. The lowest BCUT2D eigenvalue weighted by Gasteiger charge is -2.28. The Morgan fingerprint density at radius 3 is 2.70 bits per heavy atom. The van der Waals surface area contributed by atoms with Crippen molar-refractivity contribution in [3.05, 3.63) is 64.1 Å².